The van der Waals surface area contributed by atoms with Gasteiger partial charge in [-0.2, -0.15) is 5.10 Å². The van der Waals surface area contributed by atoms with Crippen molar-refractivity contribution < 1.29 is 19.4 Å². The van der Waals surface area contributed by atoms with Crippen LogP contribution in [0.15, 0.2) is 47.6 Å². The zero-order valence-electron chi connectivity index (χ0n) is 13.2. The molecule has 2 rings (SSSR count). The van der Waals surface area contributed by atoms with Crippen molar-refractivity contribution in [2.75, 3.05) is 14.2 Å². The third kappa shape index (κ3) is 3.79. The largest absolute Gasteiger partial charge is 0.507 e. The molecule has 6 nitrogen and oxygen atoms in total. The minimum atomic E-state index is -0.388. The number of hydrogen-bond acceptors (Lipinski definition) is 5. The molecule has 2 aromatic rings. The lowest BCUT2D eigenvalue weighted by molar-refractivity contribution is 0.0954. The lowest BCUT2D eigenvalue weighted by Crippen LogP contribution is -2.19. The van der Waals surface area contributed by atoms with Crippen LogP contribution in [0.1, 0.15) is 22.8 Å². The first kappa shape index (κ1) is 16.4. The van der Waals surface area contributed by atoms with Crippen LogP contribution in [0.4, 0.5) is 0 Å². The fourth-order valence-corrected chi connectivity index (χ4v) is 2.02. The Morgan fingerprint density at radius 2 is 1.78 bits per heavy atom. The molecule has 2 aromatic carbocycles. The van der Waals surface area contributed by atoms with Gasteiger partial charge in [0, 0.05) is 11.1 Å². The van der Waals surface area contributed by atoms with Gasteiger partial charge in [0.1, 0.15) is 5.75 Å². The lowest BCUT2D eigenvalue weighted by atomic mass is 10.1. The highest BCUT2D eigenvalue weighted by Crippen LogP contribution is 2.27. The smallest absolute Gasteiger partial charge is 0.271 e. The number of phenols is 1. The molecule has 0 radical (unpaired) electrons. The Bertz CT molecular complexity index is 741. The molecule has 0 atom stereocenters. The van der Waals surface area contributed by atoms with Gasteiger partial charge in [-0.25, -0.2) is 5.43 Å². The van der Waals surface area contributed by atoms with Crippen LogP contribution in [0.25, 0.3) is 0 Å². The predicted octanol–water partition coefficient (Wildman–Crippen LogP) is 2.56. The quantitative estimate of drug-likeness (QED) is 0.656. The van der Waals surface area contributed by atoms with Crippen LogP contribution in [-0.4, -0.2) is 30.9 Å². The van der Waals surface area contributed by atoms with Crippen molar-refractivity contribution in [1.29, 1.82) is 0 Å². The number of para-hydroxylation sites is 1. The fraction of sp³-hybridized carbons (Fsp3) is 0.176. The monoisotopic (exact) mass is 314 g/mol. The molecule has 0 aliphatic rings. The molecule has 2 N–H and O–H groups in total. The highest BCUT2D eigenvalue weighted by atomic mass is 16.5. The summed E-state index contributed by atoms with van der Waals surface area (Å²) in [6.45, 7) is 1.70. The van der Waals surface area contributed by atoms with Gasteiger partial charge in [0.25, 0.3) is 5.91 Å². The van der Waals surface area contributed by atoms with Gasteiger partial charge in [0.15, 0.2) is 11.5 Å². The number of carbonyl (C=O) groups excluding carboxylic acids is 1. The summed E-state index contributed by atoms with van der Waals surface area (Å²) in [6.07, 6.45) is 0. The number of carbonyl (C=O) groups is 1. The van der Waals surface area contributed by atoms with Crippen LogP contribution >= 0.6 is 0 Å². The molecule has 120 valence electrons. The summed E-state index contributed by atoms with van der Waals surface area (Å²) in [5.41, 5.74) is 3.89. The molecule has 1 amide bonds. The van der Waals surface area contributed by atoms with E-state index in [2.05, 4.69) is 10.5 Å². The van der Waals surface area contributed by atoms with Crippen molar-refractivity contribution in [1.82, 2.24) is 5.43 Å². The van der Waals surface area contributed by atoms with Gasteiger partial charge in [-0.05, 0) is 37.3 Å². The Labute approximate surface area is 134 Å². The number of nitrogens with one attached hydrogen (secondary N) is 1. The Hall–Kier alpha value is -3.02. The second kappa shape index (κ2) is 7.31. The van der Waals surface area contributed by atoms with E-state index < -0.39 is 0 Å². The minimum Gasteiger partial charge on any atom is -0.507 e. The molecular weight excluding hydrogens is 296 g/mol. The van der Waals surface area contributed by atoms with E-state index in [-0.39, 0.29) is 11.7 Å². The zero-order chi connectivity index (χ0) is 16.8. The number of rotatable bonds is 5. The van der Waals surface area contributed by atoms with Gasteiger partial charge in [-0.3, -0.25) is 4.79 Å². The Morgan fingerprint density at radius 1 is 1.09 bits per heavy atom. The van der Waals surface area contributed by atoms with E-state index in [1.165, 1.54) is 14.2 Å². The number of hydrazone groups is 1. The van der Waals surface area contributed by atoms with E-state index in [0.717, 1.165) is 0 Å². The lowest BCUT2D eigenvalue weighted by Gasteiger charge is -2.09. The maximum Gasteiger partial charge on any atom is 0.271 e. The van der Waals surface area contributed by atoms with E-state index in [1.54, 1.807) is 49.4 Å². The van der Waals surface area contributed by atoms with Crippen LogP contribution in [-0.2, 0) is 0 Å². The van der Waals surface area contributed by atoms with E-state index in [0.29, 0.717) is 28.3 Å². The van der Waals surface area contributed by atoms with Gasteiger partial charge < -0.3 is 14.6 Å². The standard InChI is InChI=1S/C17H18N2O4/c1-11(13-6-4-5-7-14(13)20)18-19-17(21)12-8-9-15(22-2)16(10-12)23-3/h4-10,20H,1-3H3,(H,19,21)/b18-11+. The van der Waals surface area contributed by atoms with Gasteiger partial charge in [0.05, 0.1) is 19.9 Å². The molecule has 0 fully saturated rings. The topological polar surface area (TPSA) is 80.2 Å². The molecule has 0 heterocycles. The van der Waals surface area contributed by atoms with Gasteiger partial charge in [0.2, 0.25) is 0 Å². The minimum absolute atomic E-state index is 0.106. The molecular formula is C17H18N2O4. The molecule has 0 saturated heterocycles. The number of nitrogens with zero attached hydrogens (tertiary/aromatic N) is 1. The Balaban J connectivity index is 2.16. The van der Waals surface area contributed by atoms with E-state index in [4.69, 9.17) is 9.47 Å². The van der Waals surface area contributed by atoms with Crippen LogP contribution in [0, 0.1) is 0 Å². The van der Waals surface area contributed by atoms with Gasteiger partial charge in [-0.1, -0.05) is 12.1 Å². The summed E-state index contributed by atoms with van der Waals surface area (Å²) in [6, 6.07) is 11.6. The highest BCUT2D eigenvalue weighted by molar-refractivity contribution is 6.02. The van der Waals surface area contributed by atoms with Crippen molar-refractivity contribution >= 4 is 11.6 Å². The number of benzene rings is 2. The molecule has 6 heteroatoms. The summed E-state index contributed by atoms with van der Waals surface area (Å²) in [5, 5.41) is 13.8. The number of aromatic hydroxyl groups is 1. The average molecular weight is 314 g/mol. The van der Waals surface area contributed by atoms with Crippen LogP contribution in [0.2, 0.25) is 0 Å². The van der Waals surface area contributed by atoms with E-state index >= 15 is 0 Å². The molecule has 0 saturated carbocycles. The van der Waals surface area contributed by atoms with Crippen molar-refractivity contribution in [2.24, 2.45) is 5.10 Å². The third-order valence-electron chi connectivity index (χ3n) is 3.26. The maximum atomic E-state index is 12.2. The molecule has 0 aliphatic carbocycles. The number of hydrogen-bond donors (Lipinski definition) is 2. The molecule has 0 spiro atoms. The number of ether oxygens (including phenoxy) is 2. The van der Waals surface area contributed by atoms with Crippen LogP contribution in [0.3, 0.4) is 0 Å². The predicted molar refractivity (Wildman–Crippen MR) is 87.3 cm³/mol. The van der Waals surface area contributed by atoms with Crippen molar-refractivity contribution in [3.8, 4) is 17.2 Å². The van der Waals surface area contributed by atoms with Gasteiger partial charge in [-0.15, -0.1) is 0 Å². The normalized spacial score (nSPS) is 11.0. The SMILES string of the molecule is COc1ccc(C(=O)N/N=C(\C)c2ccccc2O)cc1OC. The molecule has 0 aromatic heterocycles. The van der Waals surface area contributed by atoms with Crippen LogP contribution < -0.4 is 14.9 Å². The van der Waals surface area contributed by atoms with E-state index in [9.17, 15) is 9.90 Å². The number of phenolic OH excluding ortho intramolecular Hbond substituents is 1. The molecule has 23 heavy (non-hydrogen) atoms. The second-order valence-corrected chi connectivity index (χ2v) is 4.73. The number of methoxy groups -OCH3 is 2. The van der Waals surface area contributed by atoms with Crippen molar-refractivity contribution in [2.45, 2.75) is 6.92 Å². The first-order valence-corrected chi connectivity index (χ1v) is 6.92. The summed E-state index contributed by atoms with van der Waals surface area (Å²) >= 11 is 0. The Morgan fingerprint density at radius 3 is 2.43 bits per heavy atom. The summed E-state index contributed by atoms with van der Waals surface area (Å²) in [5.74, 6) is 0.717. The third-order valence-corrected chi connectivity index (χ3v) is 3.26. The molecule has 0 unspecified atom stereocenters. The highest BCUT2D eigenvalue weighted by Gasteiger charge is 2.11. The summed E-state index contributed by atoms with van der Waals surface area (Å²) in [4.78, 5) is 12.2. The Kier molecular flexibility index (Phi) is 5.19. The first-order valence-electron chi connectivity index (χ1n) is 6.92. The molecule has 0 bridgehead atoms. The summed E-state index contributed by atoms with van der Waals surface area (Å²) in [7, 11) is 3.03. The van der Waals surface area contributed by atoms with Crippen molar-refractivity contribution in [3.63, 3.8) is 0 Å². The first-order chi connectivity index (χ1) is 11.1. The van der Waals surface area contributed by atoms with Crippen LogP contribution in [0.5, 0.6) is 17.2 Å². The van der Waals surface area contributed by atoms with Crippen molar-refractivity contribution in [3.05, 3.63) is 53.6 Å². The zero-order valence-corrected chi connectivity index (χ0v) is 13.2. The number of amides is 1. The summed E-state index contributed by atoms with van der Waals surface area (Å²) < 4.78 is 10.3. The second-order valence-electron chi connectivity index (χ2n) is 4.73. The molecule has 0 aliphatic heterocycles. The average Bonchev–Trinajstić information content (AvgIpc) is 2.59. The van der Waals surface area contributed by atoms with E-state index in [1.807, 2.05) is 0 Å². The fourth-order valence-electron chi connectivity index (χ4n) is 2.02. The van der Waals surface area contributed by atoms with Gasteiger partial charge >= 0.3 is 0 Å². The maximum absolute atomic E-state index is 12.2.